The third-order valence-corrected chi connectivity index (χ3v) is 5.83. The largest absolute Gasteiger partial charge is 0.477 e. The van der Waals surface area contributed by atoms with Crippen molar-refractivity contribution < 1.29 is 19.4 Å². The van der Waals surface area contributed by atoms with Gasteiger partial charge in [0.15, 0.2) is 0 Å². The number of carbonyl (C=O) groups is 1. The Bertz CT molecular complexity index is 711. The first kappa shape index (κ1) is 20.2. The summed E-state index contributed by atoms with van der Waals surface area (Å²) in [6.07, 6.45) is 5.50. The number of aromatic carboxylic acids is 1. The Morgan fingerprint density at radius 2 is 2.00 bits per heavy atom. The fourth-order valence-electron chi connectivity index (χ4n) is 3.42. The number of hydrogen-bond acceptors (Lipinski definition) is 5. The number of carboxylic acids is 1. The van der Waals surface area contributed by atoms with Crippen LogP contribution in [0.15, 0.2) is 6.07 Å². The van der Waals surface area contributed by atoms with Crippen LogP contribution in [-0.2, 0) is 9.47 Å². The normalized spacial score (nSPS) is 25.7. The standard InChI is InChI=1S/C21H29NO4S/c1-21(2,3)10-8-17-12-18(19(27-17)20(23)24)22-14-4-6-15(7-5-14)26-16-9-11-25-13-16/h12,14-16,22H,4-7,9,11,13H2,1-3H3,(H,23,24)/t14-,15+,16-/m0/s1. The van der Waals surface area contributed by atoms with Gasteiger partial charge in [-0.15, -0.1) is 11.3 Å². The first-order chi connectivity index (χ1) is 12.8. The SMILES string of the molecule is CC(C)(C)C#Cc1cc(N[C@H]2CC[C@@H](O[C@H]3CCOC3)CC2)c(C(=O)O)s1. The molecule has 1 saturated carbocycles. The highest BCUT2D eigenvalue weighted by molar-refractivity contribution is 7.15. The Morgan fingerprint density at radius 1 is 1.26 bits per heavy atom. The lowest BCUT2D eigenvalue weighted by Crippen LogP contribution is -2.32. The third-order valence-electron chi connectivity index (χ3n) is 4.79. The molecule has 148 valence electrons. The molecule has 0 amide bonds. The van der Waals surface area contributed by atoms with Crippen LogP contribution in [0.4, 0.5) is 5.69 Å². The van der Waals surface area contributed by atoms with E-state index in [1.807, 2.05) is 26.8 Å². The Balaban J connectivity index is 1.59. The van der Waals surface area contributed by atoms with E-state index < -0.39 is 5.97 Å². The maximum atomic E-state index is 11.6. The summed E-state index contributed by atoms with van der Waals surface area (Å²) in [7, 11) is 0. The van der Waals surface area contributed by atoms with Crippen LogP contribution in [0, 0.1) is 17.3 Å². The van der Waals surface area contributed by atoms with Gasteiger partial charge in [0.1, 0.15) is 4.88 Å². The molecule has 0 radical (unpaired) electrons. The molecule has 0 unspecified atom stereocenters. The molecule has 1 aromatic heterocycles. The van der Waals surface area contributed by atoms with Crippen molar-refractivity contribution in [3.63, 3.8) is 0 Å². The van der Waals surface area contributed by atoms with Crippen LogP contribution in [0.2, 0.25) is 0 Å². The number of ether oxygens (including phenoxy) is 2. The summed E-state index contributed by atoms with van der Waals surface area (Å²) in [6.45, 7) is 7.65. The molecule has 2 fully saturated rings. The van der Waals surface area contributed by atoms with E-state index in [1.54, 1.807) is 0 Å². The number of rotatable bonds is 5. The Hall–Kier alpha value is -1.55. The lowest BCUT2D eigenvalue weighted by Gasteiger charge is -2.31. The molecule has 2 heterocycles. The molecule has 1 aliphatic carbocycles. The zero-order valence-electron chi connectivity index (χ0n) is 16.3. The van der Waals surface area contributed by atoms with E-state index in [0.717, 1.165) is 43.6 Å². The Kier molecular flexibility index (Phi) is 6.46. The fraction of sp³-hybridized carbons (Fsp3) is 0.667. The second-order valence-corrected chi connectivity index (χ2v) is 9.45. The van der Waals surface area contributed by atoms with Crippen molar-refractivity contribution >= 4 is 23.0 Å². The second kappa shape index (κ2) is 8.64. The van der Waals surface area contributed by atoms with Gasteiger partial charge < -0.3 is 19.9 Å². The first-order valence-electron chi connectivity index (χ1n) is 9.70. The molecule has 5 nitrogen and oxygen atoms in total. The maximum absolute atomic E-state index is 11.6. The molecule has 3 rings (SSSR count). The van der Waals surface area contributed by atoms with Crippen LogP contribution >= 0.6 is 11.3 Å². The minimum Gasteiger partial charge on any atom is -0.477 e. The van der Waals surface area contributed by atoms with Crippen LogP contribution in [-0.4, -0.2) is 42.5 Å². The number of anilines is 1. The van der Waals surface area contributed by atoms with Gasteiger partial charge in [-0.25, -0.2) is 4.79 Å². The Morgan fingerprint density at radius 3 is 2.59 bits per heavy atom. The van der Waals surface area contributed by atoms with Gasteiger partial charge in [-0.1, -0.05) is 11.8 Å². The highest BCUT2D eigenvalue weighted by Crippen LogP contribution is 2.31. The molecule has 0 spiro atoms. The molecule has 1 atom stereocenters. The van der Waals surface area contributed by atoms with Crippen LogP contribution in [0.3, 0.4) is 0 Å². The van der Waals surface area contributed by atoms with E-state index in [4.69, 9.17) is 9.47 Å². The van der Waals surface area contributed by atoms with Crippen molar-refractivity contribution in [2.75, 3.05) is 18.5 Å². The van der Waals surface area contributed by atoms with E-state index in [-0.39, 0.29) is 17.6 Å². The number of hydrogen-bond donors (Lipinski definition) is 2. The first-order valence-corrected chi connectivity index (χ1v) is 10.5. The van der Waals surface area contributed by atoms with Crippen molar-refractivity contribution in [2.24, 2.45) is 5.41 Å². The van der Waals surface area contributed by atoms with Gasteiger partial charge in [0.2, 0.25) is 0 Å². The number of carboxylic acid groups (broad SMARTS) is 1. The highest BCUT2D eigenvalue weighted by Gasteiger charge is 2.27. The predicted molar refractivity (Wildman–Crippen MR) is 108 cm³/mol. The van der Waals surface area contributed by atoms with Gasteiger partial charge >= 0.3 is 5.97 Å². The quantitative estimate of drug-likeness (QED) is 0.730. The van der Waals surface area contributed by atoms with E-state index >= 15 is 0 Å². The van der Waals surface area contributed by atoms with Crippen molar-refractivity contribution in [2.45, 2.75) is 71.1 Å². The van der Waals surface area contributed by atoms with Gasteiger partial charge in [0.25, 0.3) is 0 Å². The van der Waals surface area contributed by atoms with Crippen molar-refractivity contribution in [1.82, 2.24) is 0 Å². The van der Waals surface area contributed by atoms with Crippen molar-refractivity contribution in [3.05, 3.63) is 15.8 Å². The van der Waals surface area contributed by atoms with Gasteiger partial charge in [0.05, 0.1) is 29.4 Å². The van der Waals surface area contributed by atoms with Gasteiger partial charge in [0, 0.05) is 18.1 Å². The van der Waals surface area contributed by atoms with E-state index in [1.165, 1.54) is 11.3 Å². The summed E-state index contributed by atoms with van der Waals surface area (Å²) in [5.41, 5.74) is 0.586. The van der Waals surface area contributed by atoms with Gasteiger partial charge in [-0.3, -0.25) is 0 Å². The number of nitrogens with one attached hydrogen (secondary N) is 1. The summed E-state index contributed by atoms with van der Waals surface area (Å²) in [5, 5.41) is 13.0. The van der Waals surface area contributed by atoms with Gasteiger partial charge in [-0.2, -0.15) is 0 Å². The lowest BCUT2D eigenvalue weighted by molar-refractivity contribution is -0.0331. The molecular formula is C21H29NO4S. The maximum Gasteiger partial charge on any atom is 0.348 e. The summed E-state index contributed by atoms with van der Waals surface area (Å²) in [4.78, 5) is 12.8. The minimum absolute atomic E-state index is 0.107. The molecular weight excluding hydrogens is 362 g/mol. The number of thiophene rings is 1. The third kappa shape index (κ3) is 5.97. The molecule has 2 N–H and O–H groups in total. The smallest absolute Gasteiger partial charge is 0.348 e. The molecule has 1 aliphatic heterocycles. The fourth-order valence-corrected chi connectivity index (χ4v) is 4.24. The lowest BCUT2D eigenvalue weighted by atomic mass is 9.92. The minimum atomic E-state index is -0.899. The topological polar surface area (TPSA) is 67.8 Å². The molecule has 2 aliphatic rings. The van der Waals surface area contributed by atoms with Crippen LogP contribution < -0.4 is 5.32 Å². The van der Waals surface area contributed by atoms with Gasteiger partial charge in [-0.05, 0) is 58.9 Å². The van der Waals surface area contributed by atoms with E-state index in [2.05, 4.69) is 17.2 Å². The van der Waals surface area contributed by atoms with Crippen LogP contribution in [0.1, 0.15) is 67.4 Å². The molecule has 1 saturated heterocycles. The Labute approximate surface area is 165 Å². The second-order valence-electron chi connectivity index (χ2n) is 8.40. The van der Waals surface area contributed by atoms with E-state index in [0.29, 0.717) is 23.3 Å². The van der Waals surface area contributed by atoms with Crippen LogP contribution in [0.25, 0.3) is 0 Å². The zero-order chi connectivity index (χ0) is 19.4. The summed E-state index contributed by atoms with van der Waals surface area (Å²) in [6, 6.07) is 2.16. The molecule has 0 bridgehead atoms. The summed E-state index contributed by atoms with van der Waals surface area (Å²) in [5.74, 6) is 5.39. The van der Waals surface area contributed by atoms with Crippen molar-refractivity contribution in [1.29, 1.82) is 0 Å². The molecule has 1 aromatic rings. The van der Waals surface area contributed by atoms with Crippen LogP contribution in [0.5, 0.6) is 0 Å². The molecule has 6 heteroatoms. The average Bonchev–Trinajstić information content (AvgIpc) is 3.24. The molecule has 0 aromatic carbocycles. The van der Waals surface area contributed by atoms with E-state index in [9.17, 15) is 9.90 Å². The zero-order valence-corrected chi connectivity index (χ0v) is 17.2. The highest BCUT2D eigenvalue weighted by atomic mass is 32.1. The summed E-state index contributed by atoms with van der Waals surface area (Å²) < 4.78 is 11.5. The predicted octanol–water partition coefficient (Wildman–Crippen LogP) is 4.37. The monoisotopic (exact) mass is 391 g/mol. The average molecular weight is 392 g/mol. The van der Waals surface area contributed by atoms with Crippen molar-refractivity contribution in [3.8, 4) is 11.8 Å². The summed E-state index contributed by atoms with van der Waals surface area (Å²) >= 11 is 1.24. The molecule has 27 heavy (non-hydrogen) atoms.